The Morgan fingerprint density at radius 1 is 1.08 bits per heavy atom. The summed E-state index contributed by atoms with van der Waals surface area (Å²) in [6.45, 7) is 0. The molecule has 1 aromatic carbocycles. The molecule has 0 aliphatic heterocycles. The zero-order chi connectivity index (χ0) is 9.19. The lowest BCUT2D eigenvalue weighted by molar-refractivity contribution is -0.125. The van der Waals surface area contributed by atoms with E-state index in [4.69, 9.17) is 0 Å². The molecule has 0 nitrogen and oxygen atoms in total. The maximum absolute atomic E-state index is 12.1. The van der Waals surface area contributed by atoms with Crippen LogP contribution in [-0.4, -0.2) is 6.18 Å². The quantitative estimate of drug-likeness (QED) is 0.545. The van der Waals surface area contributed by atoms with E-state index >= 15 is 0 Å². The van der Waals surface area contributed by atoms with Gasteiger partial charge in [-0.3, -0.25) is 0 Å². The Bertz CT molecular complexity index is 242. The molecule has 0 N–H and O–H groups in total. The van der Waals surface area contributed by atoms with Gasteiger partial charge in [-0.25, -0.2) is 0 Å². The van der Waals surface area contributed by atoms with Crippen LogP contribution in [0.2, 0.25) is 0 Å². The lowest BCUT2D eigenvalue weighted by atomic mass is 10.1. The molecule has 12 heavy (non-hydrogen) atoms. The molecule has 0 saturated heterocycles. The molecule has 0 aromatic heterocycles. The zero-order valence-electron chi connectivity index (χ0n) is 5.98. The third-order valence-corrected chi connectivity index (χ3v) is 2.80. The maximum Gasteiger partial charge on any atom is 0.404 e. The second-order valence-corrected chi connectivity index (χ2v) is 3.56. The first-order chi connectivity index (χ1) is 5.52. The average Bonchev–Trinajstić information content (AvgIpc) is 2.03. The van der Waals surface area contributed by atoms with E-state index in [-0.39, 0.29) is 0 Å². The van der Waals surface area contributed by atoms with Crippen molar-refractivity contribution in [2.45, 2.75) is 10.1 Å². The molecular formula is C8H6F3I. The van der Waals surface area contributed by atoms with E-state index in [9.17, 15) is 13.2 Å². The van der Waals surface area contributed by atoms with Crippen LogP contribution < -0.4 is 0 Å². The Labute approximate surface area is 81.9 Å². The van der Waals surface area contributed by atoms with Crippen LogP contribution in [-0.2, 0) is 0 Å². The van der Waals surface area contributed by atoms with E-state index < -0.39 is 10.1 Å². The highest BCUT2D eigenvalue weighted by atomic mass is 127. The molecule has 0 spiro atoms. The molecular weight excluding hydrogens is 280 g/mol. The molecule has 1 atom stereocenters. The van der Waals surface area contributed by atoms with Crippen LogP contribution in [0.1, 0.15) is 9.49 Å². The smallest absolute Gasteiger partial charge is 0.169 e. The van der Waals surface area contributed by atoms with Gasteiger partial charge in [-0.05, 0) is 5.56 Å². The van der Waals surface area contributed by atoms with Gasteiger partial charge in [0.2, 0.25) is 0 Å². The highest BCUT2D eigenvalue weighted by molar-refractivity contribution is 14.1. The number of halogens is 4. The molecule has 0 unspecified atom stereocenters. The van der Waals surface area contributed by atoms with Gasteiger partial charge in [-0.2, -0.15) is 13.2 Å². The molecule has 0 radical (unpaired) electrons. The van der Waals surface area contributed by atoms with Gasteiger partial charge in [0.25, 0.3) is 0 Å². The van der Waals surface area contributed by atoms with Crippen molar-refractivity contribution in [3.8, 4) is 0 Å². The van der Waals surface area contributed by atoms with Crippen LogP contribution in [0.4, 0.5) is 13.2 Å². The molecule has 0 fully saturated rings. The van der Waals surface area contributed by atoms with E-state index in [1.807, 2.05) is 0 Å². The minimum atomic E-state index is -4.15. The summed E-state index contributed by atoms with van der Waals surface area (Å²) in [5.74, 6) is 0. The summed E-state index contributed by atoms with van der Waals surface area (Å²) < 4.78 is 35.0. The Balaban J connectivity index is 2.86. The standard InChI is InChI=1S/C8H6F3I/c9-8(10,11)7(12)6-4-2-1-3-5-6/h1-5,7H/t7-/m0/s1. The summed E-state index contributed by atoms with van der Waals surface area (Å²) in [6.07, 6.45) is -4.15. The Hall–Kier alpha value is -0.260. The Morgan fingerprint density at radius 2 is 1.58 bits per heavy atom. The first kappa shape index (κ1) is 9.83. The molecule has 0 aliphatic carbocycles. The fraction of sp³-hybridized carbons (Fsp3) is 0.250. The first-order valence-corrected chi connectivity index (χ1v) is 4.52. The molecule has 1 rings (SSSR count). The van der Waals surface area contributed by atoms with Gasteiger partial charge in [-0.15, -0.1) is 0 Å². The third-order valence-electron chi connectivity index (χ3n) is 1.38. The topological polar surface area (TPSA) is 0 Å². The van der Waals surface area contributed by atoms with Crippen molar-refractivity contribution < 1.29 is 13.2 Å². The summed E-state index contributed by atoms with van der Waals surface area (Å²) >= 11 is 1.39. The van der Waals surface area contributed by atoms with Gasteiger partial charge in [0, 0.05) is 0 Å². The van der Waals surface area contributed by atoms with E-state index in [1.54, 1.807) is 18.2 Å². The Morgan fingerprint density at radius 3 is 2.00 bits per heavy atom. The average molecular weight is 286 g/mol. The van der Waals surface area contributed by atoms with Gasteiger partial charge >= 0.3 is 6.18 Å². The van der Waals surface area contributed by atoms with Crippen molar-refractivity contribution in [3.63, 3.8) is 0 Å². The highest BCUT2D eigenvalue weighted by Crippen LogP contribution is 2.39. The summed E-state index contributed by atoms with van der Waals surface area (Å²) in [5.41, 5.74) is 0.297. The lowest BCUT2D eigenvalue weighted by Gasteiger charge is -2.13. The number of hydrogen-bond donors (Lipinski definition) is 0. The molecule has 0 saturated carbocycles. The van der Waals surface area contributed by atoms with E-state index in [1.165, 1.54) is 34.7 Å². The van der Waals surface area contributed by atoms with Gasteiger partial charge < -0.3 is 0 Å². The predicted molar refractivity (Wildman–Crippen MR) is 49.3 cm³/mol. The molecule has 1 aromatic rings. The van der Waals surface area contributed by atoms with Crippen molar-refractivity contribution in [2.24, 2.45) is 0 Å². The fourth-order valence-corrected chi connectivity index (χ4v) is 1.23. The summed E-state index contributed by atoms with van der Waals surface area (Å²) in [6, 6.07) is 7.86. The van der Waals surface area contributed by atoms with Crippen LogP contribution in [0.15, 0.2) is 30.3 Å². The lowest BCUT2D eigenvalue weighted by Crippen LogP contribution is -2.14. The van der Waals surface area contributed by atoms with Crippen molar-refractivity contribution in [1.29, 1.82) is 0 Å². The van der Waals surface area contributed by atoms with E-state index in [0.717, 1.165) is 0 Å². The monoisotopic (exact) mass is 286 g/mol. The fourth-order valence-electron chi connectivity index (χ4n) is 0.811. The second-order valence-electron chi connectivity index (χ2n) is 2.31. The van der Waals surface area contributed by atoms with Crippen LogP contribution in [0.5, 0.6) is 0 Å². The van der Waals surface area contributed by atoms with Gasteiger partial charge in [0.1, 0.15) is 3.92 Å². The van der Waals surface area contributed by atoms with Crippen molar-refractivity contribution in [3.05, 3.63) is 35.9 Å². The Kier molecular flexibility index (Phi) is 2.98. The van der Waals surface area contributed by atoms with Crippen LogP contribution in [0, 0.1) is 0 Å². The van der Waals surface area contributed by atoms with Gasteiger partial charge in [0.15, 0.2) is 0 Å². The largest absolute Gasteiger partial charge is 0.404 e. The molecule has 0 amide bonds. The minimum Gasteiger partial charge on any atom is -0.169 e. The van der Waals surface area contributed by atoms with E-state index in [0.29, 0.717) is 5.56 Å². The normalized spacial score (nSPS) is 14.3. The highest BCUT2D eigenvalue weighted by Gasteiger charge is 2.38. The number of hydrogen-bond acceptors (Lipinski definition) is 0. The number of alkyl halides is 4. The molecule has 4 heteroatoms. The summed E-state index contributed by atoms with van der Waals surface area (Å²) in [4.78, 5) is 0. The van der Waals surface area contributed by atoms with E-state index in [2.05, 4.69) is 0 Å². The first-order valence-electron chi connectivity index (χ1n) is 3.27. The van der Waals surface area contributed by atoms with Crippen molar-refractivity contribution >= 4 is 22.6 Å². The minimum absolute atomic E-state index is 0.297. The number of rotatable bonds is 1. The van der Waals surface area contributed by atoms with Crippen LogP contribution >= 0.6 is 22.6 Å². The second kappa shape index (κ2) is 3.64. The summed E-state index contributed by atoms with van der Waals surface area (Å²) in [7, 11) is 0. The molecule has 66 valence electrons. The molecule has 0 bridgehead atoms. The number of benzene rings is 1. The van der Waals surface area contributed by atoms with Crippen molar-refractivity contribution in [1.82, 2.24) is 0 Å². The van der Waals surface area contributed by atoms with Crippen LogP contribution in [0.3, 0.4) is 0 Å². The maximum atomic E-state index is 12.1. The van der Waals surface area contributed by atoms with Gasteiger partial charge in [0.05, 0.1) is 0 Å². The van der Waals surface area contributed by atoms with Gasteiger partial charge in [-0.1, -0.05) is 52.9 Å². The SMILES string of the molecule is FC(F)(F)[C@@H](I)c1ccccc1. The van der Waals surface area contributed by atoms with Crippen molar-refractivity contribution in [2.75, 3.05) is 0 Å². The summed E-state index contributed by atoms with van der Waals surface area (Å²) in [5, 5.41) is 0. The van der Waals surface area contributed by atoms with Crippen LogP contribution in [0.25, 0.3) is 0 Å². The molecule has 0 aliphatic rings. The third kappa shape index (κ3) is 2.36. The molecule has 0 heterocycles. The zero-order valence-corrected chi connectivity index (χ0v) is 8.13. The predicted octanol–water partition coefficient (Wildman–Crippen LogP) is 3.73.